The van der Waals surface area contributed by atoms with E-state index < -0.39 is 0 Å². The van der Waals surface area contributed by atoms with E-state index in [4.69, 9.17) is 5.73 Å². The van der Waals surface area contributed by atoms with Crippen LogP contribution in [0, 0.1) is 13.8 Å². The molecule has 1 amide bonds. The Kier molecular flexibility index (Phi) is 5.05. The second-order valence-electron chi connectivity index (χ2n) is 8.04. The lowest BCUT2D eigenvalue weighted by Crippen LogP contribution is -2.39. The summed E-state index contributed by atoms with van der Waals surface area (Å²) < 4.78 is 2.07. The molecule has 28 heavy (non-hydrogen) atoms. The van der Waals surface area contributed by atoms with Crippen molar-refractivity contribution in [2.75, 3.05) is 31.1 Å². The van der Waals surface area contributed by atoms with Gasteiger partial charge >= 0.3 is 0 Å². The van der Waals surface area contributed by atoms with E-state index in [1.165, 1.54) is 0 Å². The third kappa shape index (κ3) is 3.48. The Balaban J connectivity index is 1.49. The van der Waals surface area contributed by atoms with Gasteiger partial charge in [0.05, 0.1) is 0 Å². The number of likely N-dealkylation sites (tertiary alicyclic amines) is 1. The second-order valence-corrected chi connectivity index (χ2v) is 8.04. The molecule has 150 valence electrons. The highest BCUT2D eigenvalue weighted by Gasteiger charge is 2.29. The van der Waals surface area contributed by atoms with Crippen LogP contribution in [0.15, 0.2) is 12.4 Å². The topological polar surface area (TPSA) is 93.2 Å². The van der Waals surface area contributed by atoms with E-state index in [2.05, 4.69) is 24.4 Å². The molecule has 0 unspecified atom stereocenters. The van der Waals surface area contributed by atoms with Crippen LogP contribution in [0.5, 0.6) is 0 Å². The Bertz CT molecular complexity index is 869. The number of hydrogen-bond acceptors (Lipinski definition) is 6. The minimum atomic E-state index is -0.0777. The first-order valence-electron chi connectivity index (χ1n) is 10.1. The van der Waals surface area contributed by atoms with Crippen LogP contribution in [0.4, 0.5) is 5.82 Å². The van der Waals surface area contributed by atoms with Gasteiger partial charge in [0.2, 0.25) is 5.82 Å². The van der Waals surface area contributed by atoms with Crippen LogP contribution in [0.3, 0.4) is 0 Å². The molecule has 0 spiro atoms. The fraction of sp³-hybridized carbons (Fsp3) is 0.600. The van der Waals surface area contributed by atoms with Gasteiger partial charge in [0.15, 0.2) is 0 Å². The number of aryl methyl sites for hydroxylation is 2. The van der Waals surface area contributed by atoms with Crippen molar-refractivity contribution in [3.05, 3.63) is 35.3 Å². The largest absolute Gasteiger partial charge is 0.355 e. The first-order chi connectivity index (χ1) is 13.4. The zero-order valence-corrected chi connectivity index (χ0v) is 16.9. The Morgan fingerprint density at radius 1 is 1.14 bits per heavy atom. The van der Waals surface area contributed by atoms with Gasteiger partial charge in [-0.1, -0.05) is 0 Å². The molecule has 0 bridgehead atoms. The van der Waals surface area contributed by atoms with Crippen LogP contribution in [0.2, 0.25) is 0 Å². The van der Waals surface area contributed by atoms with Crippen LogP contribution < -0.4 is 10.6 Å². The zero-order chi connectivity index (χ0) is 19.8. The summed E-state index contributed by atoms with van der Waals surface area (Å²) in [5, 5.41) is 0. The molecule has 0 aromatic carbocycles. The van der Waals surface area contributed by atoms with Crippen molar-refractivity contribution in [2.24, 2.45) is 12.8 Å². The third-order valence-electron chi connectivity index (χ3n) is 6.08. The highest BCUT2D eigenvalue weighted by Crippen LogP contribution is 2.28. The summed E-state index contributed by atoms with van der Waals surface area (Å²) in [6.45, 7) is 7.02. The summed E-state index contributed by atoms with van der Waals surface area (Å²) in [6, 6.07) is 0.166. The number of carbonyl (C=O) groups excluding carboxylic acids is 1. The normalized spacial score (nSPS) is 20.8. The Labute approximate surface area is 165 Å². The molecule has 0 aliphatic carbocycles. The first kappa shape index (κ1) is 18.9. The van der Waals surface area contributed by atoms with Crippen LogP contribution >= 0.6 is 0 Å². The highest BCUT2D eigenvalue weighted by atomic mass is 16.2. The molecule has 2 aliphatic heterocycles. The molecule has 2 N–H and O–H groups in total. The molecule has 8 nitrogen and oxygen atoms in total. The van der Waals surface area contributed by atoms with Gasteiger partial charge in [0.25, 0.3) is 5.91 Å². The van der Waals surface area contributed by atoms with Crippen molar-refractivity contribution in [3.8, 4) is 0 Å². The molecule has 2 saturated heterocycles. The Morgan fingerprint density at radius 2 is 1.89 bits per heavy atom. The number of carbonyl (C=O) groups is 1. The number of hydrogen-bond donors (Lipinski definition) is 1. The van der Waals surface area contributed by atoms with E-state index >= 15 is 0 Å². The fourth-order valence-electron chi connectivity index (χ4n) is 4.25. The van der Waals surface area contributed by atoms with Crippen LogP contribution in [0.1, 0.15) is 52.9 Å². The zero-order valence-electron chi connectivity index (χ0n) is 16.9. The van der Waals surface area contributed by atoms with Gasteiger partial charge in [-0.25, -0.2) is 15.0 Å². The van der Waals surface area contributed by atoms with Crippen LogP contribution in [-0.4, -0.2) is 62.5 Å². The molecular formula is C20H29N7O. The van der Waals surface area contributed by atoms with E-state index in [9.17, 15) is 4.79 Å². The smallest absolute Gasteiger partial charge is 0.291 e. The second kappa shape index (κ2) is 7.50. The monoisotopic (exact) mass is 383 g/mol. The Hall–Kier alpha value is -2.48. The van der Waals surface area contributed by atoms with Crippen LogP contribution in [0.25, 0.3) is 0 Å². The fourth-order valence-corrected chi connectivity index (χ4v) is 4.25. The SMILES string of the molecule is Cc1nc(C(=O)N2CCC(c3nccn3C)CC2)nc(N2CC[C@@H](N)C2)c1C. The van der Waals surface area contributed by atoms with Crippen molar-refractivity contribution in [2.45, 2.75) is 45.1 Å². The molecule has 4 heterocycles. The summed E-state index contributed by atoms with van der Waals surface area (Å²) in [7, 11) is 2.02. The van der Waals surface area contributed by atoms with Gasteiger partial charge in [0, 0.05) is 68.8 Å². The van der Waals surface area contributed by atoms with Crippen molar-refractivity contribution in [1.29, 1.82) is 0 Å². The minimum absolute atomic E-state index is 0.0777. The van der Waals surface area contributed by atoms with E-state index in [0.29, 0.717) is 24.8 Å². The number of nitrogens with two attached hydrogens (primary N) is 1. The predicted molar refractivity (Wildman–Crippen MR) is 107 cm³/mol. The Morgan fingerprint density at radius 3 is 2.50 bits per heavy atom. The maximum Gasteiger partial charge on any atom is 0.291 e. The molecule has 2 aliphatic rings. The first-order valence-corrected chi connectivity index (χ1v) is 10.1. The van der Waals surface area contributed by atoms with Gasteiger partial charge in [0.1, 0.15) is 11.6 Å². The van der Waals surface area contributed by atoms with Crippen LogP contribution in [-0.2, 0) is 7.05 Å². The summed E-state index contributed by atoms with van der Waals surface area (Å²) in [4.78, 5) is 30.8. The molecule has 1 atom stereocenters. The van der Waals surface area contributed by atoms with Gasteiger partial charge < -0.3 is 20.1 Å². The van der Waals surface area contributed by atoms with E-state index in [0.717, 1.165) is 55.3 Å². The van der Waals surface area contributed by atoms with Crippen molar-refractivity contribution < 1.29 is 4.79 Å². The van der Waals surface area contributed by atoms with E-state index in [-0.39, 0.29) is 11.9 Å². The maximum atomic E-state index is 13.1. The van der Waals surface area contributed by atoms with Gasteiger partial charge in [-0.3, -0.25) is 4.79 Å². The lowest BCUT2D eigenvalue weighted by molar-refractivity contribution is 0.0698. The van der Waals surface area contributed by atoms with Gasteiger partial charge in [-0.15, -0.1) is 0 Å². The van der Waals surface area contributed by atoms with Crippen molar-refractivity contribution in [1.82, 2.24) is 24.4 Å². The average Bonchev–Trinajstić information content (AvgIpc) is 3.31. The molecule has 4 rings (SSSR count). The summed E-state index contributed by atoms with van der Waals surface area (Å²) in [5.41, 5.74) is 7.95. The maximum absolute atomic E-state index is 13.1. The third-order valence-corrected chi connectivity index (χ3v) is 6.08. The number of aromatic nitrogens is 4. The van der Waals surface area contributed by atoms with E-state index in [1.54, 1.807) is 0 Å². The lowest BCUT2D eigenvalue weighted by Gasteiger charge is -2.31. The molecular weight excluding hydrogens is 354 g/mol. The molecule has 0 radical (unpaired) electrons. The molecule has 2 aromatic rings. The average molecular weight is 384 g/mol. The predicted octanol–water partition coefficient (Wildman–Crippen LogP) is 1.38. The van der Waals surface area contributed by atoms with Gasteiger partial charge in [-0.05, 0) is 33.1 Å². The molecule has 2 fully saturated rings. The number of nitrogens with zero attached hydrogens (tertiary/aromatic N) is 6. The number of piperidine rings is 1. The highest BCUT2D eigenvalue weighted by molar-refractivity contribution is 5.91. The minimum Gasteiger partial charge on any atom is -0.355 e. The van der Waals surface area contributed by atoms with E-state index in [1.807, 2.05) is 38.2 Å². The molecule has 8 heteroatoms. The lowest BCUT2D eigenvalue weighted by atomic mass is 9.96. The number of imidazole rings is 1. The summed E-state index contributed by atoms with van der Waals surface area (Å²) >= 11 is 0. The quantitative estimate of drug-likeness (QED) is 0.861. The summed E-state index contributed by atoms with van der Waals surface area (Å²) in [6.07, 6.45) is 6.58. The van der Waals surface area contributed by atoms with Crippen molar-refractivity contribution >= 4 is 11.7 Å². The van der Waals surface area contributed by atoms with Crippen molar-refractivity contribution in [3.63, 3.8) is 0 Å². The number of rotatable bonds is 3. The molecule has 0 saturated carbocycles. The standard InChI is InChI=1S/C20H29N7O/c1-13-14(2)23-17(24-18(13)27-10-6-16(21)12-27)20(28)26-8-4-15(5-9-26)19-22-7-11-25(19)3/h7,11,15-16H,4-6,8-10,12,21H2,1-3H3/t16-/m1/s1. The molecule has 2 aromatic heterocycles. The van der Waals surface area contributed by atoms with Gasteiger partial charge in [-0.2, -0.15) is 0 Å². The number of amides is 1. The summed E-state index contributed by atoms with van der Waals surface area (Å²) in [5.74, 6) is 2.57. The number of anilines is 1.